The first-order valence-electron chi connectivity index (χ1n) is 7.78. The Morgan fingerprint density at radius 2 is 1.67 bits per heavy atom. The van der Waals surface area contributed by atoms with E-state index in [1.807, 2.05) is 0 Å². The van der Waals surface area contributed by atoms with Gasteiger partial charge in [-0.25, -0.2) is 9.37 Å². The van der Waals surface area contributed by atoms with Gasteiger partial charge in [0.15, 0.2) is 0 Å². The summed E-state index contributed by atoms with van der Waals surface area (Å²) >= 11 is 0. The molecular formula is C19H13F4N3O. The zero-order valence-corrected chi connectivity index (χ0v) is 13.7. The van der Waals surface area contributed by atoms with E-state index in [0.29, 0.717) is 11.5 Å². The van der Waals surface area contributed by atoms with Crippen LogP contribution >= 0.6 is 0 Å². The number of rotatable bonds is 4. The number of alkyl halides is 3. The Bertz CT molecular complexity index is 956. The van der Waals surface area contributed by atoms with Crippen molar-refractivity contribution < 1.29 is 22.4 Å². The molecule has 0 saturated heterocycles. The Labute approximate surface area is 151 Å². The van der Waals surface area contributed by atoms with Gasteiger partial charge in [-0.05, 0) is 54.6 Å². The number of carbonyl (C=O) groups excluding carboxylic acids is 1. The number of carbonyl (C=O) groups is 1. The molecule has 1 amide bonds. The third-order valence-corrected chi connectivity index (χ3v) is 3.59. The maximum absolute atomic E-state index is 12.9. The topological polar surface area (TPSA) is 54.0 Å². The number of nitrogens with one attached hydrogen (secondary N) is 2. The molecule has 27 heavy (non-hydrogen) atoms. The Balaban J connectivity index is 1.75. The first-order chi connectivity index (χ1) is 12.8. The maximum Gasteiger partial charge on any atom is 0.416 e. The van der Waals surface area contributed by atoms with E-state index in [0.717, 1.165) is 12.1 Å². The van der Waals surface area contributed by atoms with Crippen molar-refractivity contribution in [3.8, 4) is 0 Å². The van der Waals surface area contributed by atoms with Crippen LogP contribution in [0.5, 0.6) is 0 Å². The van der Waals surface area contributed by atoms with Crippen LogP contribution < -0.4 is 10.6 Å². The molecule has 3 rings (SSSR count). The highest BCUT2D eigenvalue weighted by Gasteiger charge is 2.30. The molecule has 0 radical (unpaired) electrons. The van der Waals surface area contributed by atoms with Gasteiger partial charge in [0.05, 0.1) is 5.56 Å². The van der Waals surface area contributed by atoms with E-state index in [4.69, 9.17) is 0 Å². The first-order valence-corrected chi connectivity index (χ1v) is 7.78. The molecule has 0 aliphatic carbocycles. The molecule has 0 aliphatic heterocycles. The van der Waals surface area contributed by atoms with E-state index in [9.17, 15) is 22.4 Å². The van der Waals surface area contributed by atoms with E-state index in [1.54, 1.807) is 0 Å². The summed E-state index contributed by atoms with van der Waals surface area (Å²) in [6.07, 6.45) is -3.11. The Morgan fingerprint density at radius 1 is 0.926 bits per heavy atom. The zero-order chi connectivity index (χ0) is 19.4. The molecule has 2 N–H and O–H groups in total. The molecule has 0 spiro atoms. The quantitative estimate of drug-likeness (QED) is 0.614. The summed E-state index contributed by atoms with van der Waals surface area (Å²) in [5, 5.41) is 5.34. The summed E-state index contributed by atoms with van der Waals surface area (Å²) in [7, 11) is 0. The second kappa shape index (κ2) is 7.45. The SMILES string of the molecule is O=C(Nc1cccc(C(F)(F)F)c1)c1ccnc(Nc2ccc(F)cc2)c1. The molecule has 0 bridgehead atoms. The molecule has 2 aromatic carbocycles. The summed E-state index contributed by atoms with van der Waals surface area (Å²) in [6, 6.07) is 12.8. The lowest BCUT2D eigenvalue weighted by Gasteiger charge is -2.11. The summed E-state index contributed by atoms with van der Waals surface area (Å²) in [4.78, 5) is 16.4. The van der Waals surface area contributed by atoms with Crippen LogP contribution in [0.1, 0.15) is 15.9 Å². The second-order valence-corrected chi connectivity index (χ2v) is 5.59. The predicted molar refractivity (Wildman–Crippen MR) is 93.3 cm³/mol. The van der Waals surface area contributed by atoms with Crippen LogP contribution in [0.25, 0.3) is 0 Å². The number of halogens is 4. The summed E-state index contributed by atoms with van der Waals surface area (Å²) < 4.78 is 51.2. The molecule has 0 aliphatic rings. The number of nitrogens with zero attached hydrogens (tertiary/aromatic N) is 1. The van der Waals surface area contributed by atoms with Crippen molar-refractivity contribution in [1.29, 1.82) is 0 Å². The van der Waals surface area contributed by atoms with Crippen LogP contribution in [0.2, 0.25) is 0 Å². The number of hydrogen-bond acceptors (Lipinski definition) is 3. The molecule has 3 aromatic rings. The van der Waals surface area contributed by atoms with Crippen molar-refractivity contribution >= 4 is 23.1 Å². The number of benzene rings is 2. The van der Waals surface area contributed by atoms with Gasteiger partial charge in [-0.2, -0.15) is 13.2 Å². The normalized spacial score (nSPS) is 11.1. The Hall–Kier alpha value is -3.42. The van der Waals surface area contributed by atoms with Crippen molar-refractivity contribution in [3.63, 3.8) is 0 Å². The number of anilines is 3. The molecule has 138 valence electrons. The van der Waals surface area contributed by atoms with Crippen LogP contribution in [-0.4, -0.2) is 10.9 Å². The van der Waals surface area contributed by atoms with Gasteiger partial charge in [-0.3, -0.25) is 4.79 Å². The van der Waals surface area contributed by atoms with Crippen LogP contribution in [0.4, 0.5) is 34.8 Å². The third-order valence-electron chi connectivity index (χ3n) is 3.59. The van der Waals surface area contributed by atoms with Crippen LogP contribution in [-0.2, 0) is 6.18 Å². The van der Waals surface area contributed by atoms with Crippen LogP contribution in [0.3, 0.4) is 0 Å². The highest BCUT2D eigenvalue weighted by molar-refractivity contribution is 6.04. The number of amides is 1. The fraction of sp³-hybridized carbons (Fsp3) is 0.0526. The van der Waals surface area contributed by atoms with Crippen molar-refractivity contribution in [1.82, 2.24) is 4.98 Å². The molecule has 0 unspecified atom stereocenters. The minimum Gasteiger partial charge on any atom is -0.340 e. The van der Waals surface area contributed by atoms with Gasteiger partial charge in [-0.15, -0.1) is 0 Å². The summed E-state index contributed by atoms with van der Waals surface area (Å²) in [6.45, 7) is 0. The summed E-state index contributed by atoms with van der Waals surface area (Å²) in [5.74, 6) is -0.639. The molecule has 8 heteroatoms. The predicted octanol–water partition coefficient (Wildman–Crippen LogP) is 5.24. The van der Waals surface area contributed by atoms with Crippen molar-refractivity contribution in [2.24, 2.45) is 0 Å². The first kappa shape index (κ1) is 18.4. The lowest BCUT2D eigenvalue weighted by molar-refractivity contribution is -0.137. The fourth-order valence-electron chi connectivity index (χ4n) is 2.30. The number of pyridine rings is 1. The molecule has 0 saturated carbocycles. The smallest absolute Gasteiger partial charge is 0.340 e. The highest BCUT2D eigenvalue weighted by atomic mass is 19.4. The van der Waals surface area contributed by atoms with E-state index < -0.39 is 17.6 Å². The van der Waals surface area contributed by atoms with Crippen molar-refractivity contribution in [2.75, 3.05) is 10.6 Å². The van der Waals surface area contributed by atoms with Gasteiger partial charge >= 0.3 is 6.18 Å². The van der Waals surface area contributed by atoms with E-state index in [-0.39, 0.29) is 17.1 Å². The molecule has 1 aromatic heterocycles. The lowest BCUT2D eigenvalue weighted by Crippen LogP contribution is -2.13. The molecule has 0 atom stereocenters. The van der Waals surface area contributed by atoms with Crippen LogP contribution in [0.15, 0.2) is 66.9 Å². The number of hydrogen-bond donors (Lipinski definition) is 2. The zero-order valence-electron chi connectivity index (χ0n) is 13.7. The lowest BCUT2D eigenvalue weighted by atomic mass is 10.2. The fourth-order valence-corrected chi connectivity index (χ4v) is 2.30. The molecule has 4 nitrogen and oxygen atoms in total. The molecule has 0 fully saturated rings. The van der Waals surface area contributed by atoms with E-state index in [1.165, 1.54) is 54.7 Å². The van der Waals surface area contributed by atoms with Gasteiger partial charge in [0.25, 0.3) is 5.91 Å². The largest absolute Gasteiger partial charge is 0.416 e. The van der Waals surface area contributed by atoms with Crippen molar-refractivity contribution in [2.45, 2.75) is 6.18 Å². The van der Waals surface area contributed by atoms with Gasteiger partial charge < -0.3 is 10.6 Å². The van der Waals surface area contributed by atoms with Gasteiger partial charge in [-0.1, -0.05) is 6.07 Å². The van der Waals surface area contributed by atoms with Gasteiger partial charge in [0.1, 0.15) is 11.6 Å². The van der Waals surface area contributed by atoms with E-state index >= 15 is 0 Å². The van der Waals surface area contributed by atoms with E-state index in [2.05, 4.69) is 15.6 Å². The average molecular weight is 375 g/mol. The highest BCUT2D eigenvalue weighted by Crippen LogP contribution is 2.30. The minimum atomic E-state index is -4.50. The standard InChI is InChI=1S/C19H13F4N3O/c20-14-4-6-15(7-5-14)25-17-10-12(8-9-24-17)18(27)26-16-3-1-2-13(11-16)19(21,22)23/h1-11H,(H,24,25)(H,26,27). The number of aromatic nitrogens is 1. The summed E-state index contributed by atoms with van der Waals surface area (Å²) in [5.41, 5.74) is -0.0558. The third kappa shape index (κ3) is 4.81. The monoisotopic (exact) mass is 375 g/mol. The Kier molecular flexibility index (Phi) is 5.07. The van der Waals surface area contributed by atoms with Crippen molar-refractivity contribution in [3.05, 3.63) is 83.8 Å². The minimum absolute atomic E-state index is 0.0275. The van der Waals surface area contributed by atoms with Gasteiger partial charge in [0, 0.05) is 23.1 Å². The average Bonchev–Trinajstić information content (AvgIpc) is 2.63. The maximum atomic E-state index is 12.9. The Morgan fingerprint density at radius 3 is 2.37 bits per heavy atom. The molecule has 1 heterocycles. The van der Waals surface area contributed by atoms with Gasteiger partial charge in [0.2, 0.25) is 0 Å². The second-order valence-electron chi connectivity index (χ2n) is 5.59. The molecular weight excluding hydrogens is 362 g/mol. The van der Waals surface area contributed by atoms with Crippen LogP contribution in [0, 0.1) is 5.82 Å².